The maximum absolute atomic E-state index is 12.8. The number of sulfone groups is 1. The highest BCUT2D eigenvalue weighted by atomic mass is 35.5. The van der Waals surface area contributed by atoms with E-state index in [-0.39, 0.29) is 23.5 Å². The molecule has 0 aliphatic carbocycles. The SMILES string of the molecule is O=C(NC1CCS(=O)(=O)C1)c1cc2occc2n1Cc1ccc(Cl)cc1. The van der Waals surface area contributed by atoms with Crippen LogP contribution in [0, 0.1) is 0 Å². The van der Waals surface area contributed by atoms with Gasteiger partial charge >= 0.3 is 0 Å². The third kappa shape index (κ3) is 3.37. The van der Waals surface area contributed by atoms with Crippen LogP contribution in [-0.2, 0) is 16.4 Å². The summed E-state index contributed by atoms with van der Waals surface area (Å²) in [6, 6.07) is 10.6. The topological polar surface area (TPSA) is 81.3 Å². The lowest BCUT2D eigenvalue weighted by molar-refractivity contribution is 0.0932. The van der Waals surface area contributed by atoms with Gasteiger partial charge in [-0.25, -0.2) is 8.42 Å². The van der Waals surface area contributed by atoms with Crippen LogP contribution in [0.3, 0.4) is 0 Å². The molecule has 1 aromatic carbocycles. The number of benzene rings is 1. The number of halogens is 1. The highest BCUT2D eigenvalue weighted by Crippen LogP contribution is 2.23. The number of furan rings is 1. The number of nitrogens with zero attached hydrogens (tertiary/aromatic N) is 1. The lowest BCUT2D eigenvalue weighted by Gasteiger charge is -2.14. The van der Waals surface area contributed by atoms with Crippen LogP contribution in [0.25, 0.3) is 11.1 Å². The lowest BCUT2D eigenvalue weighted by atomic mass is 10.2. The van der Waals surface area contributed by atoms with Gasteiger partial charge in [0.1, 0.15) is 5.69 Å². The van der Waals surface area contributed by atoms with E-state index < -0.39 is 9.84 Å². The minimum absolute atomic E-state index is 0.00719. The molecule has 1 saturated heterocycles. The van der Waals surface area contributed by atoms with Crippen LogP contribution >= 0.6 is 11.6 Å². The molecule has 0 saturated carbocycles. The van der Waals surface area contributed by atoms with E-state index in [1.807, 2.05) is 22.8 Å². The first-order valence-electron chi connectivity index (χ1n) is 8.24. The van der Waals surface area contributed by atoms with Crippen molar-refractivity contribution in [1.82, 2.24) is 9.88 Å². The maximum Gasteiger partial charge on any atom is 0.268 e. The highest BCUT2D eigenvalue weighted by molar-refractivity contribution is 7.91. The van der Waals surface area contributed by atoms with E-state index in [2.05, 4.69) is 5.32 Å². The number of carbonyl (C=O) groups is 1. The average Bonchev–Trinajstić information content (AvgIpc) is 3.25. The zero-order valence-electron chi connectivity index (χ0n) is 13.8. The molecule has 26 heavy (non-hydrogen) atoms. The molecule has 0 radical (unpaired) electrons. The first-order valence-corrected chi connectivity index (χ1v) is 10.4. The number of rotatable bonds is 4. The summed E-state index contributed by atoms with van der Waals surface area (Å²) in [6.45, 7) is 0.478. The number of hydrogen-bond acceptors (Lipinski definition) is 4. The maximum atomic E-state index is 12.8. The first kappa shape index (κ1) is 17.2. The third-order valence-electron chi connectivity index (χ3n) is 4.58. The first-order chi connectivity index (χ1) is 12.4. The zero-order valence-corrected chi connectivity index (χ0v) is 15.4. The summed E-state index contributed by atoms with van der Waals surface area (Å²) < 4.78 is 30.5. The summed E-state index contributed by atoms with van der Waals surface area (Å²) in [6.07, 6.45) is 2.02. The van der Waals surface area contributed by atoms with Gasteiger partial charge in [-0.3, -0.25) is 4.79 Å². The molecule has 1 N–H and O–H groups in total. The number of amides is 1. The number of nitrogens with one attached hydrogen (secondary N) is 1. The molecule has 1 amide bonds. The second kappa shape index (κ2) is 6.48. The van der Waals surface area contributed by atoms with Gasteiger partial charge in [-0.1, -0.05) is 23.7 Å². The van der Waals surface area contributed by atoms with E-state index in [0.29, 0.717) is 29.3 Å². The number of carbonyl (C=O) groups excluding carboxylic acids is 1. The normalized spacial score (nSPS) is 19.0. The monoisotopic (exact) mass is 392 g/mol. The number of hydrogen-bond donors (Lipinski definition) is 1. The van der Waals surface area contributed by atoms with Crippen LogP contribution in [0.5, 0.6) is 0 Å². The quantitative estimate of drug-likeness (QED) is 0.740. The van der Waals surface area contributed by atoms with Crippen LogP contribution in [0.2, 0.25) is 5.02 Å². The van der Waals surface area contributed by atoms with Gasteiger partial charge in [0.25, 0.3) is 5.91 Å². The molecule has 1 aliphatic rings. The number of aromatic nitrogens is 1. The molecule has 3 heterocycles. The molecule has 4 rings (SSSR count). The van der Waals surface area contributed by atoms with Crippen molar-refractivity contribution in [2.45, 2.75) is 19.0 Å². The molecular formula is C18H17ClN2O4S. The van der Waals surface area contributed by atoms with Gasteiger partial charge in [0.05, 0.1) is 23.3 Å². The smallest absolute Gasteiger partial charge is 0.268 e. The minimum Gasteiger partial charge on any atom is -0.463 e. The van der Waals surface area contributed by atoms with Crippen molar-refractivity contribution in [2.24, 2.45) is 0 Å². The molecule has 6 nitrogen and oxygen atoms in total. The standard InChI is InChI=1S/C18H17ClN2O4S/c19-13-3-1-12(2-4-13)10-21-15-5-7-25-17(15)9-16(21)18(22)20-14-6-8-26(23,24)11-14/h1-5,7,9,14H,6,8,10-11H2,(H,20,22). The highest BCUT2D eigenvalue weighted by Gasteiger charge is 2.30. The van der Waals surface area contributed by atoms with Crippen molar-refractivity contribution in [3.63, 3.8) is 0 Å². The fourth-order valence-corrected chi connectivity index (χ4v) is 5.08. The molecule has 3 aromatic rings. The van der Waals surface area contributed by atoms with Crippen molar-refractivity contribution in [3.8, 4) is 0 Å². The van der Waals surface area contributed by atoms with Crippen LogP contribution in [0.15, 0.2) is 47.1 Å². The van der Waals surface area contributed by atoms with E-state index in [0.717, 1.165) is 11.1 Å². The molecule has 136 valence electrons. The predicted octanol–water partition coefficient (Wildman–Crippen LogP) is 2.85. The van der Waals surface area contributed by atoms with Crippen molar-refractivity contribution >= 4 is 38.4 Å². The van der Waals surface area contributed by atoms with E-state index in [1.54, 1.807) is 24.5 Å². The second-order valence-corrected chi connectivity index (χ2v) is 9.15. The Bertz CT molecular complexity index is 1070. The fourth-order valence-electron chi connectivity index (χ4n) is 3.28. The van der Waals surface area contributed by atoms with Gasteiger partial charge < -0.3 is 14.3 Å². The summed E-state index contributed by atoms with van der Waals surface area (Å²) in [4.78, 5) is 12.8. The van der Waals surface area contributed by atoms with Gasteiger partial charge in [0.15, 0.2) is 15.4 Å². The Morgan fingerprint density at radius 1 is 1.27 bits per heavy atom. The Labute approximate surface area is 155 Å². The van der Waals surface area contributed by atoms with Crippen molar-refractivity contribution in [3.05, 3.63) is 58.9 Å². The van der Waals surface area contributed by atoms with E-state index >= 15 is 0 Å². The van der Waals surface area contributed by atoms with E-state index in [1.165, 1.54) is 0 Å². The fraction of sp³-hybridized carbons (Fsp3) is 0.278. The molecule has 0 spiro atoms. The van der Waals surface area contributed by atoms with Gasteiger partial charge in [0.2, 0.25) is 0 Å². The Hall–Kier alpha value is -2.25. The Balaban J connectivity index is 1.63. The summed E-state index contributed by atoms with van der Waals surface area (Å²) >= 11 is 5.94. The molecular weight excluding hydrogens is 376 g/mol. The summed E-state index contributed by atoms with van der Waals surface area (Å²) in [5, 5.41) is 3.48. The second-order valence-electron chi connectivity index (χ2n) is 6.49. The molecule has 1 fully saturated rings. The number of fused-ring (bicyclic) bond motifs is 1. The van der Waals surface area contributed by atoms with Crippen molar-refractivity contribution < 1.29 is 17.6 Å². The van der Waals surface area contributed by atoms with Gasteiger partial charge in [0, 0.05) is 29.7 Å². The van der Waals surface area contributed by atoms with Gasteiger partial charge in [-0.15, -0.1) is 0 Å². The minimum atomic E-state index is -3.05. The Morgan fingerprint density at radius 2 is 2.04 bits per heavy atom. The van der Waals surface area contributed by atoms with Crippen LogP contribution in [-0.4, -0.2) is 36.4 Å². The van der Waals surface area contributed by atoms with Gasteiger partial charge in [-0.05, 0) is 24.1 Å². The van der Waals surface area contributed by atoms with Crippen LogP contribution in [0.4, 0.5) is 0 Å². The molecule has 1 aliphatic heterocycles. The summed E-state index contributed by atoms with van der Waals surface area (Å²) in [7, 11) is -3.05. The molecule has 2 aromatic heterocycles. The molecule has 1 unspecified atom stereocenters. The van der Waals surface area contributed by atoms with E-state index in [9.17, 15) is 13.2 Å². The summed E-state index contributed by atoms with van der Waals surface area (Å²) in [5.74, 6) is -0.189. The van der Waals surface area contributed by atoms with Crippen molar-refractivity contribution in [1.29, 1.82) is 0 Å². The Morgan fingerprint density at radius 3 is 2.73 bits per heavy atom. The average molecular weight is 393 g/mol. The lowest BCUT2D eigenvalue weighted by Crippen LogP contribution is -2.36. The van der Waals surface area contributed by atoms with Crippen LogP contribution in [0.1, 0.15) is 22.5 Å². The van der Waals surface area contributed by atoms with Gasteiger partial charge in [-0.2, -0.15) is 0 Å². The molecule has 0 bridgehead atoms. The van der Waals surface area contributed by atoms with Crippen LogP contribution < -0.4 is 5.32 Å². The zero-order chi connectivity index (χ0) is 18.3. The summed E-state index contributed by atoms with van der Waals surface area (Å²) in [5.41, 5.74) is 2.86. The molecule has 1 atom stereocenters. The van der Waals surface area contributed by atoms with E-state index in [4.69, 9.17) is 16.0 Å². The predicted molar refractivity (Wildman–Crippen MR) is 99.3 cm³/mol. The van der Waals surface area contributed by atoms with Crippen molar-refractivity contribution in [2.75, 3.05) is 11.5 Å². The molecule has 8 heteroatoms. The third-order valence-corrected chi connectivity index (χ3v) is 6.60. The largest absolute Gasteiger partial charge is 0.463 e. The Kier molecular flexibility index (Phi) is 4.28.